The zero-order chi connectivity index (χ0) is 7.11. The number of nitrogens with zero attached hydrogens (tertiary/aromatic N) is 1. The summed E-state index contributed by atoms with van der Waals surface area (Å²) in [6.07, 6.45) is 1.72. The Morgan fingerprint density at radius 1 is 1.78 bits per heavy atom. The van der Waals surface area contributed by atoms with Gasteiger partial charge in [-0.1, -0.05) is 6.08 Å². The fraction of sp³-hybridized carbons (Fsp3) is 0.667. The lowest BCUT2D eigenvalue weighted by Crippen LogP contribution is -2.29. The molecule has 0 fully saturated rings. The van der Waals surface area contributed by atoms with E-state index in [9.17, 15) is 0 Å². The van der Waals surface area contributed by atoms with Crippen LogP contribution in [-0.4, -0.2) is 31.8 Å². The average Bonchev–Trinajstić information content (AvgIpc) is 1.80. The highest BCUT2D eigenvalue weighted by molar-refractivity contribution is 4.63. The number of nitrogens with two attached hydrogens (primary N) is 1. The Morgan fingerprint density at radius 2 is 2.44 bits per heavy atom. The minimum atomic E-state index is 0.605. The third kappa shape index (κ3) is 7.62. The Hall–Kier alpha value is -0.380. The third-order valence-electron chi connectivity index (χ3n) is 0.824. The van der Waals surface area contributed by atoms with Gasteiger partial charge in [0.25, 0.3) is 0 Å². The van der Waals surface area contributed by atoms with Crippen LogP contribution in [0.25, 0.3) is 0 Å². The van der Waals surface area contributed by atoms with E-state index in [1.807, 2.05) is 0 Å². The normalized spacial score (nSPS) is 10.1. The monoisotopic (exact) mass is 130 g/mol. The first-order valence-electron chi connectivity index (χ1n) is 2.92. The lowest BCUT2D eigenvalue weighted by atomic mass is 10.6. The van der Waals surface area contributed by atoms with Crippen LogP contribution >= 0.6 is 0 Å². The number of rotatable bonds is 5. The molecule has 54 valence electrons. The van der Waals surface area contributed by atoms with Gasteiger partial charge in [0.15, 0.2) is 0 Å². The molecule has 0 aliphatic heterocycles. The largest absolute Gasteiger partial charge is 0.376 e. The van der Waals surface area contributed by atoms with Crippen molar-refractivity contribution in [3.8, 4) is 0 Å². The minimum Gasteiger partial charge on any atom is -0.376 e. The summed E-state index contributed by atoms with van der Waals surface area (Å²) in [7, 11) is 1.80. The molecule has 0 aliphatic carbocycles. The lowest BCUT2D eigenvalue weighted by molar-refractivity contribution is 0.134. The first-order chi connectivity index (χ1) is 4.27. The van der Waals surface area contributed by atoms with Crippen LogP contribution < -0.4 is 5.84 Å². The van der Waals surface area contributed by atoms with E-state index in [4.69, 9.17) is 10.6 Å². The Bertz CT molecular complexity index is 73.5. The van der Waals surface area contributed by atoms with E-state index in [1.54, 1.807) is 18.1 Å². The predicted octanol–water partition coefficient (Wildman–Crippen LogP) is -0.00550. The summed E-state index contributed by atoms with van der Waals surface area (Å²) >= 11 is 0. The maximum absolute atomic E-state index is 5.30. The summed E-state index contributed by atoms with van der Waals surface area (Å²) in [6.45, 7) is 5.54. The predicted molar refractivity (Wildman–Crippen MR) is 37.8 cm³/mol. The van der Waals surface area contributed by atoms with Crippen molar-refractivity contribution in [2.45, 2.75) is 0 Å². The van der Waals surface area contributed by atoms with Gasteiger partial charge < -0.3 is 4.74 Å². The molecule has 0 spiro atoms. The van der Waals surface area contributed by atoms with E-state index < -0.39 is 0 Å². The average molecular weight is 130 g/mol. The number of hydrogen-bond donors (Lipinski definition) is 1. The molecule has 9 heavy (non-hydrogen) atoms. The van der Waals surface area contributed by atoms with Gasteiger partial charge in [0.05, 0.1) is 13.2 Å². The summed E-state index contributed by atoms with van der Waals surface area (Å²) in [5, 5.41) is 1.59. The van der Waals surface area contributed by atoms with E-state index in [1.165, 1.54) is 0 Å². The Labute approximate surface area is 56.1 Å². The zero-order valence-corrected chi connectivity index (χ0v) is 5.84. The topological polar surface area (TPSA) is 38.5 Å². The van der Waals surface area contributed by atoms with Crippen LogP contribution in [-0.2, 0) is 4.74 Å². The Kier molecular flexibility index (Phi) is 5.51. The fourth-order valence-electron chi connectivity index (χ4n) is 0.375. The molecule has 0 rings (SSSR count). The molecule has 0 unspecified atom stereocenters. The summed E-state index contributed by atoms with van der Waals surface area (Å²) < 4.78 is 5.05. The van der Waals surface area contributed by atoms with Crippen molar-refractivity contribution in [2.24, 2.45) is 5.84 Å². The smallest absolute Gasteiger partial charge is 0.0645 e. The summed E-state index contributed by atoms with van der Waals surface area (Å²) in [6, 6.07) is 0. The van der Waals surface area contributed by atoms with Crippen molar-refractivity contribution in [3.05, 3.63) is 12.7 Å². The van der Waals surface area contributed by atoms with Gasteiger partial charge in [-0.05, 0) is 0 Å². The van der Waals surface area contributed by atoms with Crippen molar-refractivity contribution >= 4 is 0 Å². The molecule has 0 radical (unpaired) electrons. The quantitative estimate of drug-likeness (QED) is 0.246. The van der Waals surface area contributed by atoms with Gasteiger partial charge in [-0.2, -0.15) is 0 Å². The first kappa shape index (κ1) is 8.62. The van der Waals surface area contributed by atoms with Crippen molar-refractivity contribution in [2.75, 3.05) is 26.8 Å². The van der Waals surface area contributed by atoms with Gasteiger partial charge in [-0.3, -0.25) is 5.84 Å². The van der Waals surface area contributed by atoms with Gasteiger partial charge in [0, 0.05) is 13.6 Å². The van der Waals surface area contributed by atoms with Crippen LogP contribution in [0.1, 0.15) is 0 Å². The number of likely N-dealkylation sites (N-methyl/N-ethyl adjacent to an activating group) is 1. The van der Waals surface area contributed by atoms with Gasteiger partial charge >= 0.3 is 0 Å². The van der Waals surface area contributed by atoms with Crippen LogP contribution in [0, 0.1) is 0 Å². The maximum atomic E-state index is 5.30. The molecular formula is C6H14N2O. The summed E-state index contributed by atoms with van der Waals surface area (Å²) in [4.78, 5) is 0. The summed E-state index contributed by atoms with van der Waals surface area (Å²) in [5.74, 6) is 5.30. The van der Waals surface area contributed by atoms with Crippen LogP contribution in [0.2, 0.25) is 0 Å². The van der Waals surface area contributed by atoms with Gasteiger partial charge in [-0.25, -0.2) is 5.01 Å². The van der Waals surface area contributed by atoms with E-state index in [0.29, 0.717) is 13.2 Å². The van der Waals surface area contributed by atoms with E-state index in [0.717, 1.165) is 6.54 Å². The standard InChI is InChI=1S/C6H14N2O/c1-3-5-9-6-4-8(2)7/h3H,1,4-7H2,2H3. The van der Waals surface area contributed by atoms with E-state index >= 15 is 0 Å². The van der Waals surface area contributed by atoms with Crippen LogP contribution in [0.5, 0.6) is 0 Å². The molecule has 0 aromatic rings. The van der Waals surface area contributed by atoms with Gasteiger partial charge in [-0.15, -0.1) is 6.58 Å². The minimum absolute atomic E-state index is 0.605. The second kappa shape index (κ2) is 5.75. The lowest BCUT2D eigenvalue weighted by Gasteiger charge is -2.07. The number of hydrazine groups is 1. The van der Waals surface area contributed by atoms with Gasteiger partial charge in [0.2, 0.25) is 0 Å². The second-order valence-corrected chi connectivity index (χ2v) is 1.84. The highest BCUT2D eigenvalue weighted by Crippen LogP contribution is 1.75. The van der Waals surface area contributed by atoms with Crippen molar-refractivity contribution in [1.29, 1.82) is 0 Å². The van der Waals surface area contributed by atoms with Gasteiger partial charge in [0.1, 0.15) is 0 Å². The molecule has 0 aromatic heterocycles. The Balaban J connectivity index is 2.82. The molecule has 0 heterocycles. The second-order valence-electron chi connectivity index (χ2n) is 1.84. The zero-order valence-electron chi connectivity index (χ0n) is 5.84. The van der Waals surface area contributed by atoms with Crippen LogP contribution in [0.15, 0.2) is 12.7 Å². The van der Waals surface area contributed by atoms with Crippen molar-refractivity contribution in [1.82, 2.24) is 5.01 Å². The first-order valence-corrected chi connectivity index (χ1v) is 2.92. The highest BCUT2D eigenvalue weighted by atomic mass is 16.5. The maximum Gasteiger partial charge on any atom is 0.0645 e. The molecule has 0 saturated carbocycles. The van der Waals surface area contributed by atoms with Crippen LogP contribution in [0.3, 0.4) is 0 Å². The van der Waals surface area contributed by atoms with E-state index in [2.05, 4.69) is 6.58 Å². The molecule has 0 aliphatic rings. The molecule has 0 saturated heterocycles. The van der Waals surface area contributed by atoms with Crippen molar-refractivity contribution in [3.63, 3.8) is 0 Å². The van der Waals surface area contributed by atoms with Crippen molar-refractivity contribution < 1.29 is 4.74 Å². The Morgan fingerprint density at radius 3 is 2.89 bits per heavy atom. The summed E-state index contributed by atoms with van der Waals surface area (Å²) in [5.41, 5.74) is 0. The number of ether oxygens (including phenoxy) is 1. The molecule has 3 heteroatoms. The molecular weight excluding hydrogens is 116 g/mol. The van der Waals surface area contributed by atoms with Crippen LogP contribution in [0.4, 0.5) is 0 Å². The fourth-order valence-corrected chi connectivity index (χ4v) is 0.375. The third-order valence-corrected chi connectivity index (χ3v) is 0.824. The molecule has 3 nitrogen and oxygen atoms in total. The SMILES string of the molecule is C=CCOCCN(C)N. The molecule has 0 amide bonds. The molecule has 2 N–H and O–H groups in total. The molecule has 0 atom stereocenters. The number of hydrogen-bond acceptors (Lipinski definition) is 3. The molecule has 0 aromatic carbocycles. The highest BCUT2D eigenvalue weighted by Gasteiger charge is 1.87. The van der Waals surface area contributed by atoms with E-state index in [-0.39, 0.29) is 0 Å². The molecule has 0 bridgehead atoms.